The molecule has 0 unspecified atom stereocenters. The molecule has 0 aliphatic carbocycles. The summed E-state index contributed by atoms with van der Waals surface area (Å²) in [6.07, 6.45) is 0.491. The number of para-hydroxylation sites is 1. The van der Waals surface area contributed by atoms with Gasteiger partial charge < -0.3 is 10.5 Å². The van der Waals surface area contributed by atoms with Crippen LogP contribution >= 0.6 is 0 Å². The Kier molecular flexibility index (Phi) is 4.76. The van der Waals surface area contributed by atoms with Crippen molar-refractivity contribution in [1.29, 1.82) is 0 Å². The normalized spacial score (nSPS) is 11.6. The van der Waals surface area contributed by atoms with E-state index in [9.17, 15) is 8.42 Å². The number of sulfone groups is 1. The average Bonchev–Trinajstić information content (AvgIpc) is 2.25. The van der Waals surface area contributed by atoms with Gasteiger partial charge in [-0.3, -0.25) is 0 Å². The van der Waals surface area contributed by atoms with Gasteiger partial charge in [0.25, 0.3) is 0 Å². The zero-order valence-electron chi connectivity index (χ0n) is 9.35. The minimum Gasteiger partial charge on any atom is -0.398 e. The molecule has 0 spiro atoms. The minimum atomic E-state index is -3.28. The van der Waals surface area contributed by atoms with Gasteiger partial charge in [-0.2, -0.15) is 0 Å². The van der Waals surface area contributed by atoms with Crippen molar-refractivity contribution in [3.8, 4) is 0 Å². The predicted molar refractivity (Wildman–Crippen MR) is 64.0 cm³/mol. The van der Waals surface area contributed by atoms with Crippen LogP contribution < -0.4 is 5.73 Å². The van der Waals surface area contributed by atoms with Crippen molar-refractivity contribution in [2.45, 2.75) is 18.2 Å². The van der Waals surface area contributed by atoms with Gasteiger partial charge in [-0.1, -0.05) is 12.1 Å². The lowest BCUT2D eigenvalue weighted by Crippen LogP contribution is -2.11. The van der Waals surface area contributed by atoms with Crippen molar-refractivity contribution in [3.05, 3.63) is 24.3 Å². The quantitative estimate of drug-likeness (QED) is 0.606. The summed E-state index contributed by atoms with van der Waals surface area (Å²) in [6, 6.07) is 6.51. The number of anilines is 1. The average molecular weight is 243 g/mol. The Labute approximate surface area is 96.3 Å². The number of nitrogen functional groups attached to an aromatic ring is 1. The maximum Gasteiger partial charge on any atom is 0.180 e. The van der Waals surface area contributed by atoms with Gasteiger partial charge in [-0.15, -0.1) is 0 Å². The van der Waals surface area contributed by atoms with Crippen LogP contribution in [0.4, 0.5) is 5.69 Å². The van der Waals surface area contributed by atoms with Crippen LogP contribution in [0.15, 0.2) is 29.2 Å². The molecule has 0 aromatic heterocycles. The molecule has 0 aliphatic heterocycles. The van der Waals surface area contributed by atoms with Gasteiger partial charge in [0.05, 0.1) is 16.3 Å². The molecule has 0 heterocycles. The van der Waals surface area contributed by atoms with E-state index < -0.39 is 9.84 Å². The summed E-state index contributed by atoms with van der Waals surface area (Å²) in [7, 11) is -3.28. The summed E-state index contributed by atoms with van der Waals surface area (Å²) in [4.78, 5) is 0.214. The molecular weight excluding hydrogens is 226 g/mol. The van der Waals surface area contributed by atoms with Gasteiger partial charge in [0, 0.05) is 13.2 Å². The van der Waals surface area contributed by atoms with Crippen molar-refractivity contribution in [1.82, 2.24) is 0 Å². The van der Waals surface area contributed by atoms with Crippen LogP contribution in [0.2, 0.25) is 0 Å². The van der Waals surface area contributed by atoms with Crippen molar-refractivity contribution in [2.24, 2.45) is 0 Å². The van der Waals surface area contributed by atoms with E-state index in [2.05, 4.69) is 0 Å². The van der Waals surface area contributed by atoms with Gasteiger partial charge >= 0.3 is 0 Å². The van der Waals surface area contributed by atoms with Crippen LogP contribution in [0.1, 0.15) is 13.3 Å². The van der Waals surface area contributed by atoms with Gasteiger partial charge in [-0.05, 0) is 25.5 Å². The van der Waals surface area contributed by atoms with E-state index in [1.54, 1.807) is 18.2 Å². The summed E-state index contributed by atoms with van der Waals surface area (Å²) >= 11 is 0. The molecule has 1 aromatic rings. The fraction of sp³-hybridized carbons (Fsp3) is 0.455. The highest BCUT2D eigenvalue weighted by Gasteiger charge is 2.16. The predicted octanol–water partition coefficient (Wildman–Crippen LogP) is 1.47. The maximum atomic E-state index is 11.9. The molecule has 0 aliphatic rings. The maximum absolute atomic E-state index is 11.9. The number of nitrogens with two attached hydrogens (primary N) is 1. The van der Waals surface area contributed by atoms with Crippen molar-refractivity contribution < 1.29 is 13.2 Å². The lowest BCUT2D eigenvalue weighted by molar-refractivity contribution is 0.148. The standard InChI is InChI=1S/C11H17NO3S/c1-2-15-8-5-9-16(13,14)11-7-4-3-6-10(11)12/h3-4,6-7H,2,5,8-9,12H2,1H3. The molecule has 1 aromatic carbocycles. The number of benzene rings is 1. The molecule has 5 heteroatoms. The first kappa shape index (κ1) is 13.0. The Morgan fingerprint density at radius 3 is 2.62 bits per heavy atom. The van der Waals surface area contributed by atoms with E-state index in [-0.39, 0.29) is 10.6 Å². The number of hydrogen-bond acceptors (Lipinski definition) is 4. The summed E-state index contributed by atoms with van der Waals surface area (Å²) in [5.74, 6) is 0.0706. The van der Waals surface area contributed by atoms with Crippen LogP contribution in [-0.2, 0) is 14.6 Å². The Balaban J connectivity index is 2.68. The number of rotatable bonds is 6. The summed E-state index contributed by atoms with van der Waals surface area (Å²) in [5, 5.41) is 0. The SMILES string of the molecule is CCOCCCS(=O)(=O)c1ccccc1N. The smallest absolute Gasteiger partial charge is 0.180 e. The second kappa shape index (κ2) is 5.86. The molecule has 0 saturated heterocycles. The highest BCUT2D eigenvalue weighted by molar-refractivity contribution is 7.91. The van der Waals surface area contributed by atoms with Crippen LogP contribution in [0.5, 0.6) is 0 Å². The van der Waals surface area contributed by atoms with E-state index >= 15 is 0 Å². The molecular formula is C11H17NO3S. The lowest BCUT2D eigenvalue weighted by Gasteiger charge is -2.07. The highest BCUT2D eigenvalue weighted by atomic mass is 32.2. The van der Waals surface area contributed by atoms with Crippen molar-refractivity contribution in [3.63, 3.8) is 0 Å². The van der Waals surface area contributed by atoms with Crippen molar-refractivity contribution >= 4 is 15.5 Å². The molecule has 4 nitrogen and oxygen atoms in total. The molecule has 1 rings (SSSR count). The third kappa shape index (κ3) is 3.50. The zero-order chi connectivity index (χ0) is 12.0. The molecule has 2 N–H and O–H groups in total. The van der Waals surface area contributed by atoms with E-state index in [1.165, 1.54) is 6.07 Å². The molecule has 0 bridgehead atoms. The van der Waals surface area contributed by atoms with Crippen molar-refractivity contribution in [2.75, 3.05) is 24.7 Å². The Morgan fingerprint density at radius 1 is 1.31 bits per heavy atom. The van der Waals surface area contributed by atoms with Crippen LogP contribution in [0, 0.1) is 0 Å². The first-order valence-electron chi connectivity index (χ1n) is 5.23. The third-order valence-corrected chi connectivity index (χ3v) is 4.03. The fourth-order valence-electron chi connectivity index (χ4n) is 1.37. The summed E-state index contributed by atoms with van der Waals surface area (Å²) in [6.45, 7) is 2.94. The van der Waals surface area contributed by atoms with Gasteiger partial charge in [0.2, 0.25) is 0 Å². The van der Waals surface area contributed by atoms with E-state index in [0.717, 1.165) is 0 Å². The van der Waals surface area contributed by atoms with Gasteiger partial charge in [0.15, 0.2) is 9.84 Å². The van der Waals surface area contributed by atoms with Crippen LogP contribution in [0.25, 0.3) is 0 Å². The Morgan fingerprint density at radius 2 is 2.00 bits per heavy atom. The third-order valence-electron chi connectivity index (χ3n) is 2.16. The highest BCUT2D eigenvalue weighted by Crippen LogP contribution is 2.19. The largest absolute Gasteiger partial charge is 0.398 e. The first-order valence-corrected chi connectivity index (χ1v) is 6.88. The van der Waals surface area contributed by atoms with E-state index in [4.69, 9.17) is 10.5 Å². The molecule has 16 heavy (non-hydrogen) atoms. The Hall–Kier alpha value is -1.07. The molecule has 0 atom stereocenters. The first-order chi connectivity index (χ1) is 7.58. The zero-order valence-corrected chi connectivity index (χ0v) is 10.2. The van der Waals surface area contributed by atoms with Crippen LogP contribution in [0.3, 0.4) is 0 Å². The summed E-state index contributed by atoms with van der Waals surface area (Å²) in [5.41, 5.74) is 5.93. The molecule has 0 amide bonds. The van der Waals surface area contributed by atoms with Gasteiger partial charge in [-0.25, -0.2) is 8.42 Å². The lowest BCUT2D eigenvalue weighted by atomic mass is 10.3. The molecule has 90 valence electrons. The monoisotopic (exact) mass is 243 g/mol. The minimum absolute atomic E-state index is 0.0706. The summed E-state index contributed by atoms with van der Waals surface area (Å²) < 4.78 is 28.9. The molecule has 0 radical (unpaired) electrons. The number of hydrogen-bond donors (Lipinski definition) is 1. The van der Waals surface area contributed by atoms with Gasteiger partial charge in [0.1, 0.15) is 0 Å². The topological polar surface area (TPSA) is 69.4 Å². The van der Waals surface area contributed by atoms with E-state index in [0.29, 0.717) is 25.3 Å². The molecule has 0 saturated carbocycles. The fourth-order valence-corrected chi connectivity index (χ4v) is 2.80. The Bertz CT molecular complexity index is 429. The molecule has 0 fully saturated rings. The second-order valence-corrected chi connectivity index (χ2v) is 5.48. The van der Waals surface area contributed by atoms with E-state index in [1.807, 2.05) is 6.92 Å². The second-order valence-electron chi connectivity index (χ2n) is 3.41. The van der Waals surface area contributed by atoms with Crippen LogP contribution in [-0.4, -0.2) is 27.4 Å². The number of ether oxygens (including phenoxy) is 1.